The van der Waals surface area contributed by atoms with Crippen molar-refractivity contribution in [2.75, 3.05) is 47.6 Å². The molecule has 0 radical (unpaired) electrons. The van der Waals surface area contributed by atoms with Gasteiger partial charge in [0.05, 0.1) is 52.2 Å². The summed E-state index contributed by atoms with van der Waals surface area (Å²) < 4.78 is 85.2. The maximum Gasteiger partial charge on any atom is 0.232 e. The van der Waals surface area contributed by atoms with Crippen LogP contribution in [0, 0.1) is 0 Å². The Morgan fingerprint density at radius 3 is 0.911 bits per heavy atom. The molecule has 0 spiro atoms. The van der Waals surface area contributed by atoms with Gasteiger partial charge in [0.15, 0.2) is 40.2 Å². The van der Waals surface area contributed by atoms with Crippen LogP contribution in [0.25, 0.3) is 63.3 Å². The highest BCUT2D eigenvalue weighted by Crippen LogP contribution is 2.71. The molecule has 14 heterocycles. The van der Waals surface area contributed by atoms with Crippen molar-refractivity contribution in [3.05, 3.63) is 10.8 Å². The molecule has 7 aromatic rings. The third-order valence-corrected chi connectivity index (χ3v) is 17.1. The summed E-state index contributed by atoms with van der Waals surface area (Å²) in [5, 5.41) is 8.78. The van der Waals surface area contributed by atoms with Gasteiger partial charge in [-0.1, -0.05) is 56.7 Å². The topological polar surface area (TPSA) is 129 Å². The second kappa shape index (κ2) is 11.4. The normalized spacial score (nSPS) is 16.6. The van der Waals surface area contributed by atoms with Crippen molar-refractivity contribution in [2.24, 2.45) is 0 Å². The van der Waals surface area contributed by atoms with Gasteiger partial charge in [-0.05, 0) is 0 Å². The Hall–Kier alpha value is -4.90. The summed E-state index contributed by atoms with van der Waals surface area (Å²) >= 11 is 10.4. The van der Waals surface area contributed by atoms with Gasteiger partial charge in [0.1, 0.15) is 0 Å². The van der Waals surface area contributed by atoms with Crippen LogP contribution in [-0.4, -0.2) is 47.6 Å². The second-order valence-electron chi connectivity index (χ2n) is 12.5. The largest absolute Gasteiger partial charge is 0.452 e. The summed E-state index contributed by atoms with van der Waals surface area (Å²) in [6.07, 6.45) is 0. The fourth-order valence-electron chi connectivity index (χ4n) is 7.52. The minimum Gasteiger partial charge on any atom is -0.452 e. The highest BCUT2D eigenvalue weighted by atomic mass is 32.1. The number of rotatable bonds is 6. The number of hydrogen-bond donors (Lipinski definition) is 0. The lowest BCUT2D eigenvalue weighted by Crippen LogP contribution is -1.99. The number of hydrogen-bond acceptors (Lipinski definition) is 21. The van der Waals surface area contributed by atoms with E-state index in [1.54, 1.807) is 0 Å². The van der Waals surface area contributed by atoms with Crippen molar-refractivity contribution in [1.82, 2.24) is 0 Å². The highest BCUT2D eigenvalue weighted by molar-refractivity contribution is 7.24. The molecule has 0 saturated heterocycles. The average molecular weight is 885 g/mol. The molecule has 14 rings (SSSR count). The van der Waals surface area contributed by atoms with E-state index in [0.29, 0.717) is 65.6 Å². The predicted octanol–water partition coefficient (Wildman–Crippen LogP) is 10.2. The molecule has 0 aliphatic carbocycles. The average Bonchev–Trinajstić information content (AvgIpc) is 3.99. The van der Waals surface area contributed by atoms with Crippen molar-refractivity contribution in [3.8, 4) is 139 Å². The van der Waals surface area contributed by atoms with Gasteiger partial charge < -0.3 is 66.3 Å². The summed E-state index contributed by atoms with van der Waals surface area (Å²) in [6.45, 7) is 0.737. The number of ether oxygens (including phenoxy) is 14. The molecular formula is C35H16O14S7. The van der Waals surface area contributed by atoms with E-state index in [4.69, 9.17) is 66.3 Å². The molecule has 7 aromatic heterocycles. The fraction of sp³-hybridized carbons (Fsp3) is 0.200. The summed E-state index contributed by atoms with van der Waals surface area (Å²) in [4.78, 5) is 4.34. The van der Waals surface area contributed by atoms with Gasteiger partial charge in [-0.15, -0.1) is 22.7 Å². The second-order valence-corrected chi connectivity index (χ2v) is 19.1. The van der Waals surface area contributed by atoms with E-state index < -0.39 is 0 Å². The van der Waals surface area contributed by atoms with Crippen molar-refractivity contribution < 1.29 is 66.3 Å². The lowest BCUT2D eigenvalue weighted by atomic mass is 9.96. The Bertz CT molecular complexity index is 2850. The molecule has 0 bridgehead atoms. The minimum absolute atomic E-state index is 0.0643. The summed E-state index contributed by atoms with van der Waals surface area (Å²) in [5.41, 5.74) is 5.78. The summed E-state index contributed by atoms with van der Waals surface area (Å²) in [5.74, 6) is 4.45. The van der Waals surface area contributed by atoms with Gasteiger partial charge >= 0.3 is 0 Å². The van der Waals surface area contributed by atoms with Crippen LogP contribution in [0.15, 0.2) is 10.8 Å². The molecule has 0 unspecified atom stereocenters. The van der Waals surface area contributed by atoms with E-state index in [9.17, 15) is 0 Å². The van der Waals surface area contributed by atoms with Crippen LogP contribution in [0.1, 0.15) is 0 Å². The smallest absolute Gasteiger partial charge is 0.232 e. The van der Waals surface area contributed by atoms with Crippen LogP contribution in [0.2, 0.25) is 0 Å². The molecule has 14 nitrogen and oxygen atoms in total. The molecule has 0 N–H and O–H groups in total. The third-order valence-electron chi connectivity index (χ3n) is 9.77. The summed E-state index contributed by atoms with van der Waals surface area (Å²) in [7, 11) is 0. The van der Waals surface area contributed by atoms with Crippen LogP contribution in [0.4, 0.5) is 0 Å². The van der Waals surface area contributed by atoms with Crippen LogP contribution in [-0.2, 0) is 0 Å². The molecule has 56 heavy (non-hydrogen) atoms. The maximum atomic E-state index is 6.34. The van der Waals surface area contributed by atoms with E-state index in [0.717, 1.165) is 73.5 Å². The molecule has 0 amide bonds. The first-order chi connectivity index (χ1) is 27.8. The quantitative estimate of drug-likeness (QED) is 0.157. The summed E-state index contributed by atoms with van der Waals surface area (Å²) in [6, 6.07) is 0. The Balaban J connectivity index is 1.04. The van der Waals surface area contributed by atoms with E-state index in [1.807, 2.05) is 10.8 Å². The van der Waals surface area contributed by atoms with Crippen LogP contribution in [0.3, 0.4) is 0 Å². The highest BCUT2D eigenvalue weighted by Gasteiger charge is 2.44. The molecular weight excluding hydrogens is 869 g/mol. The Labute approximate surface area is 340 Å². The zero-order valence-electron chi connectivity index (χ0n) is 27.7. The number of fused-ring (bicyclic) bond motifs is 7. The molecule has 7 aliphatic heterocycles. The standard InChI is InChI=1S/C35H16O14S7/c1-10(17-29(50-1)43-3-36-17)24-14(21-33(52-24)47-7-40-21)26-12(19-31(54-26)45-5-38-19)13-20-32(46-6-39-20)55-27(13)16-23-35(49-9-42-23)56-28(16)15-22-34(48-8-41-22)53-25(15)11-2-51-30-18(11)37-4-44-30/h1-2H,3-9H2. The zero-order valence-corrected chi connectivity index (χ0v) is 33.4. The molecule has 0 atom stereocenters. The van der Waals surface area contributed by atoms with E-state index in [2.05, 4.69) is 0 Å². The molecule has 282 valence electrons. The van der Waals surface area contributed by atoms with Crippen molar-refractivity contribution >= 4 is 79.4 Å². The van der Waals surface area contributed by atoms with Crippen molar-refractivity contribution in [2.45, 2.75) is 0 Å². The van der Waals surface area contributed by atoms with E-state index in [1.165, 1.54) is 79.4 Å². The molecule has 0 aromatic carbocycles. The van der Waals surface area contributed by atoms with Gasteiger partial charge in [0.25, 0.3) is 0 Å². The first-order valence-electron chi connectivity index (χ1n) is 16.6. The van der Waals surface area contributed by atoms with Crippen molar-refractivity contribution in [1.29, 1.82) is 0 Å². The van der Waals surface area contributed by atoms with Gasteiger partial charge in [0.2, 0.25) is 83.0 Å². The maximum absolute atomic E-state index is 6.34. The molecule has 0 fully saturated rings. The first kappa shape index (κ1) is 31.2. The molecule has 21 heteroatoms. The van der Waals surface area contributed by atoms with Crippen LogP contribution < -0.4 is 66.3 Å². The van der Waals surface area contributed by atoms with Gasteiger partial charge in [-0.2, -0.15) is 0 Å². The SMILES string of the molecule is c1sc2c(c1-c1sc3c(c1-c1sc4c(c1-c1sc5c(c1-c1c(-c6c(-c7csc8c7OCO8)sc7c6OCO7)sc6c1OCO6)OCO5)OCO4)OCO3)OCO2. The van der Waals surface area contributed by atoms with E-state index >= 15 is 0 Å². The van der Waals surface area contributed by atoms with E-state index in [-0.39, 0.29) is 47.6 Å². The van der Waals surface area contributed by atoms with Gasteiger partial charge in [0, 0.05) is 21.9 Å². The lowest BCUT2D eigenvalue weighted by Gasteiger charge is -2.13. The Kier molecular flexibility index (Phi) is 6.33. The lowest BCUT2D eigenvalue weighted by molar-refractivity contribution is 0.174. The third kappa shape index (κ3) is 4.07. The number of thiophene rings is 7. The zero-order chi connectivity index (χ0) is 36.2. The van der Waals surface area contributed by atoms with Crippen molar-refractivity contribution in [3.63, 3.8) is 0 Å². The molecule has 7 aliphatic rings. The Morgan fingerprint density at radius 1 is 0.268 bits per heavy atom. The van der Waals surface area contributed by atoms with Gasteiger partial charge in [-0.3, -0.25) is 0 Å². The van der Waals surface area contributed by atoms with Crippen LogP contribution >= 0.6 is 79.4 Å². The predicted molar refractivity (Wildman–Crippen MR) is 207 cm³/mol. The Morgan fingerprint density at radius 2 is 0.536 bits per heavy atom. The van der Waals surface area contributed by atoms with Gasteiger partial charge in [-0.25, -0.2) is 0 Å². The first-order valence-corrected chi connectivity index (χ1v) is 22.5. The fourth-order valence-corrected chi connectivity index (χ4v) is 15.2. The monoisotopic (exact) mass is 884 g/mol. The molecule has 0 saturated carbocycles. The minimum atomic E-state index is 0.0643. The van der Waals surface area contributed by atoms with Crippen LogP contribution in [0.5, 0.6) is 75.7 Å².